The molecule has 0 saturated carbocycles. The molecule has 0 aliphatic heterocycles. The van der Waals surface area contributed by atoms with Crippen LogP contribution < -0.4 is 10.0 Å². The van der Waals surface area contributed by atoms with Crippen LogP contribution in [0.15, 0.2) is 59.5 Å². The van der Waals surface area contributed by atoms with Gasteiger partial charge in [-0.05, 0) is 42.7 Å². The summed E-state index contributed by atoms with van der Waals surface area (Å²) in [5.74, 6) is -0.888. The first-order valence-corrected chi connectivity index (χ1v) is 11.5. The highest BCUT2D eigenvalue weighted by molar-refractivity contribution is 7.89. The molecule has 0 bridgehead atoms. The molecule has 0 spiro atoms. The lowest BCUT2D eigenvalue weighted by molar-refractivity contribution is -0.122. The first-order valence-electron chi connectivity index (χ1n) is 10.0. The predicted octanol–water partition coefficient (Wildman–Crippen LogP) is 3.80. The fourth-order valence-electron chi connectivity index (χ4n) is 2.97. The van der Waals surface area contributed by atoms with Crippen molar-refractivity contribution < 1.29 is 17.6 Å². The third kappa shape index (κ3) is 7.95. The van der Waals surface area contributed by atoms with E-state index >= 15 is 0 Å². The highest BCUT2D eigenvalue weighted by Gasteiger charge is 2.26. The van der Waals surface area contributed by atoms with Gasteiger partial charge in [-0.3, -0.25) is 4.79 Å². The summed E-state index contributed by atoms with van der Waals surface area (Å²) in [5, 5.41) is 2.84. The summed E-state index contributed by atoms with van der Waals surface area (Å²) < 4.78 is 41.0. The molecule has 0 heterocycles. The average molecular weight is 421 g/mol. The summed E-state index contributed by atoms with van der Waals surface area (Å²) in [6, 6.07) is 12.8. The maximum absolute atomic E-state index is 13.1. The normalized spacial score (nSPS) is 12.5. The lowest BCUT2D eigenvalue weighted by Gasteiger charge is -2.19. The second-order valence-electron chi connectivity index (χ2n) is 7.02. The minimum absolute atomic E-state index is 0.0793. The van der Waals surface area contributed by atoms with E-state index in [-0.39, 0.29) is 17.2 Å². The summed E-state index contributed by atoms with van der Waals surface area (Å²) in [7, 11) is -3.96. The maximum Gasteiger partial charge on any atom is 0.241 e. The summed E-state index contributed by atoms with van der Waals surface area (Å²) in [6.07, 6.45) is 5.55. The van der Waals surface area contributed by atoms with Gasteiger partial charge in [-0.1, -0.05) is 62.9 Å². The second kappa shape index (κ2) is 11.7. The van der Waals surface area contributed by atoms with Gasteiger partial charge in [0, 0.05) is 6.54 Å². The van der Waals surface area contributed by atoms with Crippen molar-refractivity contribution in [1.82, 2.24) is 10.0 Å². The lowest BCUT2D eigenvalue weighted by Crippen LogP contribution is -2.48. The smallest absolute Gasteiger partial charge is 0.241 e. The minimum atomic E-state index is -3.96. The molecular weight excluding hydrogens is 391 g/mol. The molecule has 0 aromatic heterocycles. The number of carbonyl (C=O) groups is 1. The van der Waals surface area contributed by atoms with Crippen molar-refractivity contribution in [2.75, 3.05) is 6.54 Å². The standard InChI is InChI=1S/C22H29FN2O3S/c1-2-3-4-5-9-16-24-22(26)21(17-18-10-7-6-8-11-18)25-29(27,28)20-14-12-19(23)13-15-20/h6-8,10-15,21,25H,2-5,9,16-17H2,1H3,(H,24,26)/t21-/m0/s1. The Kier molecular flexibility index (Phi) is 9.28. The zero-order chi connectivity index (χ0) is 21.1. The van der Waals surface area contributed by atoms with Gasteiger partial charge in [0.05, 0.1) is 4.90 Å². The Morgan fingerprint density at radius 2 is 1.62 bits per heavy atom. The molecule has 0 aliphatic rings. The van der Waals surface area contributed by atoms with Crippen LogP contribution in [0.25, 0.3) is 0 Å². The SMILES string of the molecule is CCCCCCCNC(=O)[C@H](Cc1ccccc1)NS(=O)(=O)c1ccc(F)cc1. The third-order valence-corrected chi connectivity index (χ3v) is 6.09. The van der Waals surface area contributed by atoms with E-state index in [1.54, 1.807) is 0 Å². The van der Waals surface area contributed by atoms with E-state index in [1.165, 1.54) is 18.6 Å². The van der Waals surface area contributed by atoms with Gasteiger partial charge in [-0.15, -0.1) is 0 Å². The Labute approximate surface area is 172 Å². The number of unbranched alkanes of at least 4 members (excludes halogenated alkanes) is 4. The third-order valence-electron chi connectivity index (χ3n) is 4.60. The van der Waals surface area contributed by atoms with Crippen LogP contribution in [0.4, 0.5) is 4.39 Å². The number of sulfonamides is 1. The molecule has 7 heteroatoms. The van der Waals surface area contributed by atoms with Crippen molar-refractivity contribution in [3.63, 3.8) is 0 Å². The largest absolute Gasteiger partial charge is 0.355 e. The van der Waals surface area contributed by atoms with Gasteiger partial charge in [-0.25, -0.2) is 12.8 Å². The number of amides is 1. The highest BCUT2D eigenvalue weighted by atomic mass is 32.2. The van der Waals surface area contributed by atoms with Gasteiger partial charge in [-0.2, -0.15) is 4.72 Å². The Morgan fingerprint density at radius 3 is 2.28 bits per heavy atom. The first kappa shape index (κ1) is 23.0. The monoisotopic (exact) mass is 420 g/mol. The molecule has 29 heavy (non-hydrogen) atoms. The van der Waals surface area contributed by atoms with Crippen LogP contribution >= 0.6 is 0 Å². The molecule has 2 N–H and O–H groups in total. The fraction of sp³-hybridized carbons (Fsp3) is 0.409. The number of nitrogens with one attached hydrogen (secondary N) is 2. The van der Waals surface area contributed by atoms with Crippen molar-refractivity contribution in [3.8, 4) is 0 Å². The van der Waals surface area contributed by atoms with Gasteiger partial charge in [0.25, 0.3) is 0 Å². The van der Waals surface area contributed by atoms with Crippen molar-refractivity contribution in [3.05, 3.63) is 66.0 Å². The van der Waals surface area contributed by atoms with Crippen molar-refractivity contribution in [2.45, 2.75) is 56.4 Å². The van der Waals surface area contributed by atoms with Crippen LogP contribution in [0.5, 0.6) is 0 Å². The van der Waals surface area contributed by atoms with Gasteiger partial charge < -0.3 is 5.32 Å². The molecule has 1 amide bonds. The van der Waals surface area contributed by atoms with Gasteiger partial charge >= 0.3 is 0 Å². The zero-order valence-corrected chi connectivity index (χ0v) is 17.6. The molecule has 0 fully saturated rings. The molecule has 2 aromatic carbocycles. The molecule has 0 unspecified atom stereocenters. The zero-order valence-electron chi connectivity index (χ0n) is 16.7. The van der Waals surface area contributed by atoms with Crippen LogP contribution in [0, 0.1) is 5.82 Å². The van der Waals surface area contributed by atoms with Crippen LogP contribution in [-0.4, -0.2) is 26.9 Å². The maximum atomic E-state index is 13.1. The van der Waals surface area contributed by atoms with E-state index in [2.05, 4.69) is 17.0 Å². The van der Waals surface area contributed by atoms with Gasteiger partial charge in [0.15, 0.2) is 0 Å². The topological polar surface area (TPSA) is 75.3 Å². The van der Waals surface area contributed by atoms with E-state index < -0.39 is 21.9 Å². The summed E-state index contributed by atoms with van der Waals surface area (Å²) in [4.78, 5) is 12.6. The Hall–Kier alpha value is -2.25. The molecule has 0 aliphatic carbocycles. The van der Waals surface area contributed by atoms with Gasteiger partial charge in [0.2, 0.25) is 15.9 Å². The molecular formula is C22H29FN2O3S. The van der Waals surface area contributed by atoms with Crippen molar-refractivity contribution in [2.24, 2.45) is 0 Å². The van der Waals surface area contributed by atoms with Crippen LogP contribution in [0.1, 0.15) is 44.6 Å². The van der Waals surface area contributed by atoms with Crippen LogP contribution in [0.3, 0.4) is 0 Å². The molecule has 2 rings (SSSR count). The Balaban J connectivity index is 2.06. The molecule has 0 radical (unpaired) electrons. The van der Waals surface area contributed by atoms with Gasteiger partial charge in [0.1, 0.15) is 11.9 Å². The fourth-order valence-corrected chi connectivity index (χ4v) is 4.17. The van der Waals surface area contributed by atoms with E-state index in [9.17, 15) is 17.6 Å². The van der Waals surface area contributed by atoms with E-state index in [0.29, 0.717) is 6.54 Å². The molecule has 0 saturated heterocycles. The van der Waals surface area contributed by atoms with Crippen molar-refractivity contribution in [1.29, 1.82) is 0 Å². The average Bonchev–Trinajstić information content (AvgIpc) is 2.71. The lowest BCUT2D eigenvalue weighted by atomic mass is 10.1. The highest BCUT2D eigenvalue weighted by Crippen LogP contribution is 2.12. The molecule has 2 aromatic rings. The molecule has 5 nitrogen and oxygen atoms in total. The van der Waals surface area contributed by atoms with E-state index in [1.807, 2.05) is 30.3 Å². The molecule has 1 atom stereocenters. The first-order chi connectivity index (χ1) is 13.9. The number of carbonyl (C=O) groups excluding carboxylic acids is 1. The number of benzene rings is 2. The van der Waals surface area contributed by atoms with Crippen LogP contribution in [-0.2, 0) is 21.2 Å². The quantitative estimate of drug-likeness (QED) is 0.513. The summed E-state index contributed by atoms with van der Waals surface area (Å²) in [5.41, 5.74) is 0.845. The minimum Gasteiger partial charge on any atom is -0.355 e. The number of hydrogen-bond acceptors (Lipinski definition) is 3. The number of rotatable bonds is 12. The number of halogens is 1. The van der Waals surface area contributed by atoms with Crippen molar-refractivity contribution >= 4 is 15.9 Å². The van der Waals surface area contributed by atoms with E-state index in [4.69, 9.17) is 0 Å². The summed E-state index contributed by atoms with van der Waals surface area (Å²) >= 11 is 0. The second-order valence-corrected chi connectivity index (χ2v) is 8.74. The molecule has 158 valence electrons. The summed E-state index contributed by atoms with van der Waals surface area (Å²) in [6.45, 7) is 2.65. The number of hydrogen-bond donors (Lipinski definition) is 2. The Morgan fingerprint density at radius 1 is 0.966 bits per heavy atom. The Bertz CT molecular complexity index is 855. The van der Waals surface area contributed by atoms with E-state index in [0.717, 1.165) is 43.4 Å². The predicted molar refractivity (Wildman–Crippen MR) is 112 cm³/mol. The van der Waals surface area contributed by atoms with Crippen LogP contribution in [0.2, 0.25) is 0 Å².